The minimum Gasteiger partial charge on any atom is -0.484 e. The summed E-state index contributed by atoms with van der Waals surface area (Å²) < 4.78 is 21.6. The number of halogens is 1. The summed E-state index contributed by atoms with van der Waals surface area (Å²) in [6, 6.07) is 12.5. The largest absolute Gasteiger partial charge is 0.484 e. The standard InChI is InChI=1S/C24H22ClNO6S/c1-3-29-24(28)22-14(2)20(11-15-4-9-18-19(10-15)32-13-31-18)33-23(22)26-21(27)12-30-17-7-5-16(25)6-8-17/h4-10H,3,11-13H2,1-2H3,(H,26,27). The Bertz CT molecular complexity index is 1170. The van der Waals surface area contributed by atoms with Crippen LogP contribution in [0.4, 0.5) is 5.00 Å². The molecule has 4 rings (SSSR count). The summed E-state index contributed by atoms with van der Waals surface area (Å²) in [7, 11) is 0. The van der Waals surface area contributed by atoms with Gasteiger partial charge in [-0.1, -0.05) is 17.7 Å². The molecule has 2 heterocycles. The number of nitrogens with one attached hydrogen (secondary N) is 1. The highest BCUT2D eigenvalue weighted by Crippen LogP contribution is 2.37. The molecule has 0 fully saturated rings. The molecule has 33 heavy (non-hydrogen) atoms. The number of esters is 1. The number of hydrogen-bond acceptors (Lipinski definition) is 7. The molecular formula is C24H22ClNO6S. The maximum absolute atomic E-state index is 12.7. The van der Waals surface area contributed by atoms with Gasteiger partial charge >= 0.3 is 5.97 Å². The zero-order valence-electron chi connectivity index (χ0n) is 18.1. The topological polar surface area (TPSA) is 83.1 Å². The molecule has 3 aromatic rings. The van der Waals surface area contributed by atoms with Gasteiger partial charge in [0.25, 0.3) is 5.91 Å². The van der Waals surface area contributed by atoms with Gasteiger partial charge in [0, 0.05) is 16.3 Å². The Kier molecular flexibility index (Phi) is 7.05. The van der Waals surface area contributed by atoms with Crippen LogP contribution in [-0.4, -0.2) is 31.9 Å². The zero-order chi connectivity index (χ0) is 23.4. The molecule has 172 valence electrons. The van der Waals surface area contributed by atoms with Crippen LogP contribution in [0.5, 0.6) is 17.2 Å². The molecule has 1 amide bonds. The number of carbonyl (C=O) groups is 2. The number of fused-ring (bicyclic) bond motifs is 1. The Morgan fingerprint density at radius 3 is 2.64 bits per heavy atom. The number of amides is 1. The van der Waals surface area contributed by atoms with Gasteiger partial charge in [0.2, 0.25) is 6.79 Å². The first-order chi connectivity index (χ1) is 15.9. The van der Waals surface area contributed by atoms with Crippen LogP contribution in [0, 0.1) is 6.92 Å². The van der Waals surface area contributed by atoms with Crippen molar-refractivity contribution in [1.82, 2.24) is 0 Å². The number of ether oxygens (including phenoxy) is 4. The molecule has 0 saturated carbocycles. The fourth-order valence-electron chi connectivity index (χ4n) is 3.34. The normalized spacial score (nSPS) is 11.8. The van der Waals surface area contributed by atoms with Crippen molar-refractivity contribution in [3.63, 3.8) is 0 Å². The number of benzene rings is 2. The molecule has 2 aromatic carbocycles. The van der Waals surface area contributed by atoms with E-state index in [0.29, 0.717) is 39.3 Å². The third-order valence-corrected chi connectivity index (χ3v) is 6.42. The molecule has 0 atom stereocenters. The van der Waals surface area contributed by atoms with Crippen LogP contribution < -0.4 is 19.5 Å². The molecule has 0 radical (unpaired) electrons. The molecule has 0 spiro atoms. The molecule has 0 bridgehead atoms. The van der Waals surface area contributed by atoms with Gasteiger partial charge in [0.15, 0.2) is 18.1 Å². The van der Waals surface area contributed by atoms with E-state index in [1.807, 2.05) is 25.1 Å². The molecular weight excluding hydrogens is 466 g/mol. The lowest BCUT2D eigenvalue weighted by molar-refractivity contribution is -0.118. The van der Waals surface area contributed by atoms with Crippen molar-refractivity contribution in [1.29, 1.82) is 0 Å². The van der Waals surface area contributed by atoms with E-state index >= 15 is 0 Å². The Hall–Kier alpha value is -3.23. The summed E-state index contributed by atoms with van der Waals surface area (Å²) in [4.78, 5) is 26.1. The molecule has 0 saturated heterocycles. The summed E-state index contributed by atoms with van der Waals surface area (Å²) >= 11 is 7.21. The second-order valence-electron chi connectivity index (χ2n) is 7.23. The van der Waals surface area contributed by atoms with Gasteiger partial charge in [-0.15, -0.1) is 11.3 Å². The lowest BCUT2D eigenvalue weighted by Gasteiger charge is -2.08. The first kappa shape index (κ1) is 22.9. The van der Waals surface area contributed by atoms with Crippen molar-refractivity contribution in [2.24, 2.45) is 0 Å². The lowest BCUT2D eigenvalue weighted by atomic mass is 10.1. The van der Waals surface area contributed by atoms with Crippen molar-refractivity contribution in [3.8, 4) is 17.2 Å². The lowest BCUT2D eigenvalue weighted by Crippen LogP contribution is -2.21. The minimum atomic E-state index is -0.475. The molecule has 1 aromatic heterocycles. The van der Waals surface area contributed by atoms with Crippen molar-refractivity contribution < 1.29 is 28.5 Å². The maximum Gasteiger partial charge on any atom is 0.341 e. The van der Waals surface area contributed by atoms with Crippen molar-refractivity contribution in [2.45, 2.75) is 20.3 Å². The van der Waals surface area contributed by atoms with E-state index in [0.717, 1.165) is 16.0 Å². The van der Waals surface area contributed by atoms with E-state index < -0.39 is 5.97 Å². The first-order valence-corrected chi connectivity index (χ1v) is 11.5. The molecule has 1 aliphatic heterocycles. The Morgan fingerprint density at radius 2 is 1.88 bits per heavy atom. The smallest absolute Gasteiger partial charge is 0.341 e. The van der Waals surface area contributed by atoms with Crippen molar-refractivity contribution in [2.75, 3.05) is 25.3 Å². The van der Waals surface area contributed by atoms with E-state index in [1.54, 1.807) is 31.2 Å². The molecule has 1 aliphatic rings. The molecule has 9 heteroatoms. The third-order valence-electron chi connectivity index (χ3n) is 4.96. The highest BCUT2D eigenvalue weighted by Gasteiger charge is 2.24. The Labute approximate surface area is 200 Å². The van der Waals surface area contributed by atoms with Gasteiger partial charge in [-0.05, 0) is 61.4 Å². The van der Waals surface area contributed by atoms with Crippen LogP contribution in [0.15, 0.2) is 42.5 Å². The van der Waals surface area contributed by atoms with Gasteiger partial charge in [0.1, 0.15) is 10.8 Å². The van der Waals surface area contributed by atoms with Gasteiger partial charge in [-0.25, -0.2) is 4.79 Å². The number of carbonyl (C=O) groups excluding carboxylic acids is 2. The monoisotopic (exact) mass is 487 g/mol. The summed E-state index contributed by atoms with van der Waals surface area (Å²) in [5, 5.41) is 3.82. The summed E-state index contributed by atoms with van der Waals surface area (Å²) in [6.45, 7) is 3.82. The van der Waals surface area contributed by atoms with Gasteiger partial charge < -0.3 is 24.3 Å². The maximum atomic E-state index is 12.7. The first-order valence-electron chi connectivity index (χ1n) is 10.3. The van der Waals surface area contributed by atoms with Crippen LogP contribution >= 0.6 is 22.9 Å². The van der Waals surface area contributed by atoms with Crippen LogP contribution in [0.1, 0.15) is 33.3 Å². The van der Waals surface area contributed by atoms with Crippen molar-refractivity contribution in [3.05, 3.63) is 69.1 Å². The third kappa shape index (κ3) is 5.40. The molecule has 0 aliphatic carbocycles. The van der Waals surface area contributed by atoms with Gasteiger partial charge in [0.05, 0.1) is 12.2 Å². The summed E-state index contributed by atoms with van der Waals surface area (Å²) in [5.41, 5.74) is 2.13. The highest BCUT2D eigenvalue weighted by atomic mass is 35.5. The van der Waals surface area contributed by atoms with Crippen LogP contribution in [-0.2, 0) is 16.0 Å². The highest BCUT2D eigenvalue weighted by molar-refractivity contribution is 7.17. The molecule has 7 nitrogen and oxygen atoms in total. The van der Waals surface area contributed by atoms with Crippen LogP contribution in [0.25, 0.3) is 0 Å². The van der Waals surface area contributed by atoms with E-state index in [2.05, 4.69) is 5.32 Å². The second kappa shape index (κ2) is 10.1. The minimum absolute atomic E-state index is 0.206. The fraction of sp³-hybridized carbons (Fsp3) is 0.250. The number of hydrogen-bond donors (Lipinski definition) is 1. The number of thiophene rings is 1. The summed E-state index contributed by atoms with van der Waals surface area (Å²) in [5.74, 6) is 1.07. The number of rotatable bonds is 8. The SMILES string of the molecule is CCOC(=O)c1c(NC(=O)COc2ccc(Cl)cc2)sc(Cc2ccc3c(c2)OCO3)c1C. The number of anilines is 1. The van der Waals surface area contributed by atoms with Crippen LogP contribution in [0.3, 0.4) is 0 Å². The van der Waals surface area contributed by atoms with Crippen LogP contribution in [0.2, 0.25) is 5.02 Å². The Morgan fingerprint density at radius 1 is 1.12 bits per heavy atom. The predicted molar refractivity (Wildman–Crippen MR) is 126 cm³/mol. The average Bonchev–Trinajstić information content (AvgIpc) is 3.37. The fourth-order valence-corrected chi connectivity index (χ4v) is 4.71. The summed E-state index contributed by atoms with van der Waals surface area (Å²) in [6.07, 6.45) is 0.566. The predicted octanol–water partition coefficient (Wildman–Crippen LogP) is 5.22. The van der Waals surface area contributed by atoms with E-state index in [-0.39, 0.29) is 25.9 Å². The second-order valence-corrected chi connectivity index (χ2v) is 8.77. The van der Waals surface area contributed by atoms with Gasteiger partial charge in [-0.3, -0.25) is 4.79 Å². The molecule has 1 N–H and O–H groups in total. The zero-order valence-corrected chi connectivity index (χ0v) is 19.7. The van der Waals surface area contributed by atoms with E-state index in [4.69, 9.17) is 30.5 Å². The van der Waals surface area contributed by atoms with Gasteiger partial charge in [-0.2, -0.15) is 0 Å². The van der Waals surface area contributed by atoms with Crippen molar-refractivity contribution >= 4 is 39.8 Å². The quantitative estimate of drug-likeness (QED) is 0.438. The molecule has 0 unspecified atom stereocenters. The van der Waals surface area contributed by atoms with E-state index in [9.17, 15) is 9.59 Å². The average molecular weight is 488 g/mol. The Balaban J connectivity index is 1.52. The van der Waals surface area contributed by atoms with E-state index in [1.165, 1.54) is 11.3 Å².